The van der Waals surface area contributed by atoms with Crippen LogP contribution in [0.3, 0.4) is 0 Å². The average Bonchev–Trinajstić information content (AvgIpc) is 2.92. The maximum Gasteiger partial charge on any atom is 0.250 e. The van der Waals surface area contributed by atoms with E-state index >= 15 is 0 Å². The molecule has 1 saturated heterocycles. The van der Waals surface area contributed by atoms with Crippen LogP contribution in [0.5, 0.6) is 0 Å². The molecule has 3 aromatic carbocycles. The van der Waals surface area contributed by atoms with Crippen molar-refractivity contribution in [2.45, 2.75) is 9.79 Å². The van der Waals surface area contributed by atoms with E-state index in [2.05, 4.69) is 41.8 Å². The molecule has 0 aliphatic carbocycles. The number of anilines is 4. The maximum absolute atomic E-state index is 6.02. The van der Waals surface area contributed by atoms with Crippen LogP contribution in [0.1, 0.15) is 5.56 Å². The van der Waals surface area contributed by atoms with Crippen molar-refractivity contribution < 1.29 is 4.74 Å². The fraction of sp³-hybridized carbons (Fsp3) is 0.154. The van der Waals surface area contributed by atoms with Crippen LogP contribution in [0.2, 0.25) is 5.02 Å². The highest BCUT2D eigenvalue weighted by molar-refractivity contribution is 7.99. The number of halogens is 1. The summed E-state index contributed by atoms with van der Waals surface area (Å²) in [6.07, 6.45) is 1.76. The molecule has 1 fully saturated rings. The SMILES string of the molecule is Clc1ccc(Sc2ccccc2/C=N\Nc2nc(Nc3ccccc3)nc(N3CCOCC3)n2)cc1. The van der Waals surface area contributed by atoms with Crippen molar-refractivity contribution in [3.05, 3.63) is 89.4 Å². The number of nitrogens with zero attached hydrogens (tertiary/aromatic N) is 5. The first-order chi connectivity index (χ1) is 17.7. The number of rotatable bonds is 8. The fourth-order valence-corrected chi connectivity index (χ4v) is 4.53. The molecule has 1 aliphatic rings. The molecule has 1 aliphatic heterocycles. The first-order valence-corrected chi connectivity index (χ1v) is 12.6. The second-order valence-electron chi connectivity index (χ2n) is 7.84. The van der Waals surface area contributed by atoms with Gasteiger partial charge in [0, 0.05) is 39.2 Å². The minimum Gasteiger partial charge on any atom is -0.378 e. The quantitative estimate of drug-likeness (QED) is 0.227. The second kappa shape index (κ2) is 11.9. The molecule has 4 aromatic rings. The predicted octanol–water partition coefficient (Wildman–Crippen LogP) is 5.70. The van der Waals surface area contributed by atoms with Crippen molar-refractivity contribution in [3.8, 4) is 0 Å². The van der Waals surface area contributed by atoms with E-state index in [-0.39, 0.29) is 0 Å². The first kappa shape index (κ1) is 24.1. The number of benzene rings is 3. The van der Waals surface area contributed by atoms with Crippen LogP contribution in [0, 0.1) is 0 Å². The van der Waals surface area contributed by atoms with E-state index < -0.39 is 0 Å². The van der Waals surface area contributed by atoms with Gasteiger partial charge in [-0.2, -0.15) is 20.1 Å². The lowest BCUT2D eigenvalue weighted by Crippen LogP contribution is -2.37. The standard InChI is InChI=1S/C26H24ClN7OS/c27-20-10-12-22(13-11-20)36-23-9-5-4-6-19(23)18-28-33-25-30-24(29-21-7-2-1-3-8-21)31-26(32-25)34-14-16-35-17-15-34/h1-13,18H,14-17H2,(H2,29,30,31,32,33)/b28-18-. The zero-order chi connectivity index (χ0) is 24.6. The van der Waals surface area contributed by atoms with Gasteiger partial charge in [0.2, 0.25) is 17.8 Å². The van der Waals surface area contributed by atoms with E-state index in [0.717, 1.165) is 21.0 Å². The molecule has 0 atom stereocenters. The Hall–Kier alpha value is -3.66. The molecule has 2 N–H and O–H groups in total. The Morgan fingerprint density at radius 2 is 1.58 bits per heavy atom. The summed E-state index contributed by atoms with van der Waals surface area (Å²) in [5.41, 5.74) is 4.84. The number of hydrogen-bond acceptors (Lipinski definition) is 9. The van der Waals surface area contributed by atoms with E-state index in [1.807, 2.05) is 72.8 Å². The minimum atomic E-state index is 0.351. The van der Waals surface area contributed by atoms with Gasteiger partial charge in [-0.05, 0) is 42.5 Å². The van der Waals surface area contributed by atoms with Gasteiger partial charge in [-0.1, -0.05) is 59.8 Å². The average molecular weight is 518 g/mol. The van der Waals surface area contributed by atoms with Gasteiger partial charge in [-0.15, -0.1) is 0 Å². The largest absolute Gasteiger partial charge is 0.378 e. The van der Waals surface area contributed by atoms with Gasteiger partial charge in [-0.25, -0.2) is 5.43 Å². The van der Waals surface area contributed by atoms with E-state index in [1.165, 1.54) is 0 Å². The maximum atomic E-state index is 6.02. The minimum absolute atomic E-state index is 0.351. The van der Waals surface area contributed by atoms with Gasteiger partial charge in [0.15, 0.2) is 0 Å². The van der Waals surface area contributed by atoms with Crippen LogP contribution in [-0.4, -0.2) is 47.5 Å². The number of nitrogens with one attached hydrogen (secondary N) is 2. The highest BCUT2D eigenvalue weighted by atomic mass is 35.5. The van der Waals surface area contributed by atoms with Crippen molar-refractivity contribution in [3.63, 3.8) is 0 Å². The summed E-state index contributed by atoms with van der Waals surface area (Å²) in [6, 6.07) is 25.6. The molecule has 182 valence electrons. The molecule has 1 aromatic heterocycles. The topological polar surface area (TPSA) is 87.6 Å². The molecule has 0 amide bonds. The third-order valence-electron chi connectivity index (χ3n) is 5.28. The van der Waals surface area contributed by atoms with Gasteiger partial charge in [0.25, 0.3) is 0 Å². The van der Waals surface area contributed by atoms with Crippen molar-refractivity contribution in [2.24, 2.45) is 5.10 Å². The number of hydrogen-bond donors (Lipinski definition) is 2. The fourth-order valence-electron chi connectivity index (χ4n) is 3.50. The first-order valence-electron chi connectivity index (χ1n) is 11.5. The molecule has 10 heteroatoms. The highest BCUT2D eigenvalue weighted by Crippen LogP contribution is 2.30. The molecular formula is C26H24ClN7OS. The summed E-state index contributed by atoms with van der Waals surface area (Å²) in [5.74, 6) is 1.36. The molecule has 0 bridgehead atoms. The van der Waals surface area contributed by atoms with Crippen molar-refractivity contribution >= 4 is 53.1 Å². The monoisotopic (exact) mass is 517 g/mol. The summed E-state index contributed by atoms with van der Waals surface area (Å²) in [4.78, 5) is 18.0. The lowest BCUT2D eigenvalue weighted by atomic mass is 10.2. The third kappa shape index (κ3) is 6.51. The van der Waals surface area contributed by atoms with Gasteiger partial charge < -0.3 is 15.0 Å². The summed E-state index contributed by atoms with van der Waals surface area (Å²) in [6.45, 7) is 2.70. The molecule has 0 spiro atoms. The Morgan fingerprint density at radius 3 is 2.39 bits per heavy atom. The number of hydrazone groups is 1. The molecule has 5 rings (SSSR count). The van der Waals surface area contributed by atoms with E-state index in [0.29, 0.717) is 49.2 Å². The number of para-hydroxylation sites is 1. The zero-order valence-electron chi connectivity index (χ0n) is 19.3. The molecular weight excluding hydrogens is 494 g/mol. The second-order valence-corrected chi connectivity index (χ2v) is 9.39. The van der Waals surface area contributed by atoms with E-state index in [9.17, 15) is 0 Å². The van der Waals surface area contributed by atoms with Crippen LogP contribution < -0.4 is 15.6 Å². The van der Waals surface area contributed by atoms with Gasteiger partial charge in [-0.3, -0.25) is 0 Å². The third-order valence-corrected chi connectivity index (χ3v) is 6.63. The van der Waals surface area contributed by atoms with Gasteiger partial charge in [0.1, 0.15) is 0 Å². The van der Waals surface area contributed by atoms with Crippen LogP contribution in [-0.2, 0) is 4.74 Å². The zero-order valence-corrected chi connectivity index (χ0v) is 20.9. The summed E-state index contributed by atoms with van der Waals surface area (Å²) >= 11 is 7.67. The molecule has 2 heterocycles. The number of ether oxygens (including phenoxy) is 1. The molecule has 0 saturated carbocycles. The molecule has 36 heavy (non-hydrogen) atoms. The smallest absolute Gasteiger partial charge is 0.250 e. The summed E-state index contributed by atoms with van der Waals surface area (Å²) in [7, 11) is 0. The lowest BCUT2D eigenvalue weighted by Gasteiger charge is -2.27. The molecule has 0 radical (unpaired) electrons. The van der Waals surface area contributed by atoms with Crippen molar-refractivity contribution in [1.29, 1.82) is 0 Å². The Labute approximate surface area is 218 Å². The van der Waals surface area contributed by atoms with Crippen LogP contribution in [0.15, 0.2) is 93.8 Å². The van der Waals surface area contributed by atoms with Crippen LogP contribution in [0.4, 0.5) is 23.5 Å². The van der Waals surface area contributed by atoms with Crippen molar-refractivity contribution in [1.82, 2.24) is 15.0 Å². The Kier molecular flexibility index (Phi) is 7.92. The Balaban J connectivity index is 1.35. The van der Waals surface area contributed by atoms with Crippen LogP contribution >= 0.6 is 23.4 Å². The van der Waals surface area contributed by atoms with E-state index in [1.54, 1.807) is 18.0 Å². The number of morpholine rings is 1. The van der Waals surface area contributed by atoms with Gasteiger partial charge >= 0.3 is 0 Å². The normalized spacial score (nSPS) is 13.6. The molecule has 8 nitrogen and oxygen atoms in total. The Bertz CT molecular complexity index is 1320. The number of aromatic nitrogens is 3. The van der Waals surface area contributed by atoms with Crippen molar-refractivity contribution in [2.75, 3.05) is 41.9 Å². The summed E-state index contributed by atoms with van der Waals surface area (Å²) in [5, 5.41) is 8.39. The highest BCUT2D eigenvalue weighted by Gasteiger charge is 2.16. The predicted molar refractivity (Wildman–Crippen MR) is 146 cm³/mol. The van der Waals surface area contributed by atoms with Gasteiger partial charge in [0.05, 0.1) is 19.4 Å². The lowest BCUT2D eigenvalue weighted by molar-refractivity contribution is 0.122. The Morgan fingerprint density at radius 1 is 0.861 bits per heavy atom. The molecule has 0 unspecified atom stereocenters. The summed E-state index contributed by atoms with van der Waals surface area (Å²) < 4.78 is 5.47. The van der Waals surface area contributed by atoms with Crippen LogP contribution in [0.25, 0.3) is 0 Å². The van der Waals surface area contributed by atoms with E-state index in [4.69, 9.17) is 16.3 Å².